The number of hydrogen-bond donors (Lipinski definition) is 0. The van der Waals surface area contributed by atoms with Crippen LogP contribution in [0.2, 0.25) is 0 Å². The Morgan fingerprint density at radius 2 is 1.80 bits per heavy atom. The zero-order chi connectivity index (χ0) is 10.7. The van der Waals surface area contributed by atoms with Gasteiger partial charge in [0.15, 0.2) is 5.78 Å². The zero-order valence-corrected chi connectivity index (χ0v) is 8.60. The van der Waals surface area contributed by atoms with E-state index in [1.54, 1.807) is 13.0 Å². The second-order valence-corrected chi connectivity index (χ2v) is 3.51. The molecule has 0 aliphatic heterocycles. The topological polar surface area (TPSA) is 17.1 Å². The molecule has 0 spiro atoms. The lowest BCUT2D eigenvalue weighted by molar-refractivity contribution is -0.112. The van der Waals surface area contributed by atoms with Crippen molar-refractivity contribution < 1.29 is 4.79 Å². The van der Waals surface area contributed by atoms with Gasteiger partial charge in [0.2, 0.25) is 0 Å². The molecule has 0 radical (unpaired) electrons. The van der Waals surface area contributed by atoms with Gasteiger partial charge in [-0.1, -0.05) is 48.5 Å². The van der Waals surface area contributed by atoms with Crippen LogP contribution in [-0.2, 0) is 4.79 Å². The normalized spacial score (nSPS) is 11.0. The molecular formula is C14H12O. The van der Waals surface area contributed by atoms with Crippen LogP contribution in [0.25, 0.3) is 16.8 Å². The molecular weight excluding hydrogens is 184 g/mol. The van der Waals surface area contributed by atoms with Gasteiger partial charge in [-0.2, -0.15) is 0 Å². The van der Waals surface area contributed by atoms with E-state index in [0.29, 0.717) is 0 Å². The Kier molecular flexibility index (Phi) is 2.64. The molecule has 0 heterocycles. The molecule has 74 valence electrons. The van der Waals surface area contributed by atoms with Crippen LogP contribution in [0, 0.1) is 0 Å². The summed E-state index contributed by atoms with van der Waals surface area (Å²) in [6, 6.07) is 14.2. The molecule has 0 amide bonds. The molecule has 0 unspecified atom stereocenters. The van der Waals surface area contributed by atoms with Crippen molar-refractivity contribution in [3.63, 3.8) is 0 Å². The van der Waals surface area contributed by atoms with Gasteiger partial charge in [-0.15, -0.1) is 0 Å². The third kappa shape index (κ3) is 2.13. The third-order valence-corrected chi connectivity index (χ3v) is 2.32. The first-order valence-electron chi connectivity index (χ1n) is 4.94. The lowest BCUT2D eigenvalue weighted by Gasteiger charge is -2.00. The molecule has 2 aromatic rings. The van der Waals surface area contributed by atoms with Crippen molar-refractivity contribution in [2.24, 2.45) is 0 Å². The zero-order valence-electron chi connectivity index (χ0n) is 8.60. The second kappa shape index (κ2) is 4.09. The average molecular weight is 196 g/mol. The van der Waals surface area contributed by atoms with Crippen LogP contribution in [0.4, 0.5) is 0 Å². The molecule has 15 heavy (non-hydrogen) atoms. The Labute approximate surface area is 89.0 Å². The molecule has 1 heteroatoms. The van der Waals surface area contributed by atoms with Crippen LogP contribution >= 0.6 is 0 Å². The van der Waals surface area contributed by atoms with E-state index in [-0.39, 0.29) is 5.78 Å². The largest absolute Gasteiger partial charge is 0.295 e. The predicted octanol–water partition coefficient (Wildman–Crippen LogP) is 3.44. The van der Waals surface area contributed by atoms with E-state index in [0.717, 1.165) is 5.56 Å². The molecule has 0 N–H and O–H groups in total. The van der Waals surface area contributed by atoms with Crippen LogP contribution in [-0.4, -0.2) is 5.78 Å². The fraction of sp³-hybridized carbons (Fsp3) is 0.0714. The summed E-state index contributed by atoms with van der Waals surface area (Å²) in [7, 11) is 0. The van der Waals surface area contributed by atoms with E-state index in [1.807, 2.05) is 30.3 Å². The minimum absolute atomic E-state index is 0.0722. The lowest BCUT2D eigenvalue weighted by atomic mass is 10.0. The summed E-state index contributed by atoms with van der Waals surface area (Å²) in [5.41, 5.74) is 1.09. The van der Waals surface area contributed by atoms with E-state index in [9.17, 15) is 4.79 Å². The average Bonchev–Trinajstić information content (AvgIpc) is 2.26. The van der Waals surface area contributed by atoms with Crippen LogP contribution in [0.5, 0.6) is 0 Å². The van der Waals surface area contributed by atoms with Crippen molar-refractivity contribution in [2.45, 2.75) is 6.92 Å². The maximum Gasteiger partial charge on any atom is 0.152 e. The number of benzene rings is 2. The third-order valence-electron chi connectivity index (χ3n) is 2.32. The summed E-state index contributed by atoms with van der Waals surface area (Å²) in [6.07, 6.45) is 3.46. The molecule has 0 bridgehead atoms. The van der Waals surface area contributed by atoms with E-state index < -0.39 is 0 Å². The van der Waals surface area contributed by atoms with Gasteiger partial charge in [0.1, 0.15) is 0 Å². The van der Waals surface area contributed by atoms with Crippen LogP contribution in [0.1, 0.15) is 12.5 Å². The molecule has 0 fully saturated rings. The van der Waals surface area contributed by atoms with Gasteiger partial charge >= 0.3 is 0 Å². The van der Waals surface area contributed by atoms with Crippen LogP contribution in [0.15, 0.2) is 48.5 Å². The van der Waals surface area contributed by atoms with Crippen molar-refractivity contribution in [2.75, 3.05) is 0 Å². The monoisotopic (exact) mass is 196 g/mol. The quantitative estimate of drug-likeness (QED) is 0.672. The Balaban J connectivity index is 2.56. The molecule has 2 rings (SSSR count). The number of allylic oxidation sites excluding steroid dienone is 1. The number of carbonyl (C=O) groups is 1. The fourth-order valence-corrected chi connectivity index (χ4v) is 1.60. The van der Waals surface area contributed by atoms with E-state index >= 15 is 0 Å². The number of fused-ring (bicyclic) bond motifs is 1. The van der Waals surface area contributed by atoms with Crippen molar-refractivity contribution in [1.29, 1.82) is 0 Å². The summed E-state index contributed by atoms with van der Waals surface area (Å²) >= 11 is 0. The van der Waals surface area contributed by atoms with Crippen LogP contribution in [0.3, 0.4) is 0 Å². The molecule has 2 aromatic carbocycles. The number of rotatable bonds is 2. The molecule has 0 aliphatic rings. The SMILES string of the molecule is CC(=O)/C=C/c1cccc2ccccc12. The number of hydrogen-bond acceptors (Lipinski definition) is 1. The summed E-state index contributed by atoms with van der Waals surface area (Å²) in [4.78, 5) is 10.9. The van der Waals surface area contributed by atoms with Gasteiger partial charge in [-0.25, -0.2) is 0 Å². The molecule has 0 atom stereocenters. The van der Waals surface area contributed by atoms with Gasteiger partial charge in [-0.05, 0) is 29.3 Å². The van der Waals surface area contributed by atoms with Gasteiger partial charge in [-0.3, -0.25) is 4.79 Å². The minimum Gasteiger partial charge on any atom is -0.295 e. The molecule has 1 nitrogen and oxygen atoms in total. The second-order valence-electron chi connectivity index (χ2n) is 3.51. The van der Waals surface area contributed by atoms with Gasteiger partial charge in [0.25, 0.3) is 0 Å². The maximum absolute atomic E-state index is 10.9. The highest BCUT2D eigenvalue weighted by atomic mass is 16.1. The predicted molar refractivity (Wildman–Crippen MR) is 63.7 cm³/mol. The standard InChI is InChI=1S/C14H12O/c1-11(15)9-10-13-7-4-6-12-5-2-3-8-14(12)13/h2-10H,1H3/b10-9+. The van der Waals surface area contributed by atoms with E-state index in [4.69, 9.17) is 0 Å². The highest BCUT2D eigenvalue weighted by Gasteiger charge is 1.96. The van der Waals surface area contributed by atoms with Gasteiger partial charge < -0.3 is 0 Å². The maximum atomic E-state index is 10.9. The molecule has 0 saturated heterocycles. The number of carbonyl (C=O) groups excluding carboxylic acids is 1. The Morgan fingerprint density at radius 3 is 2.60 bits per heavy atom. The van der Waals surface area contributed by atoms with Crippen molar-refractivity contribution in [1.82, 2.24) is 0 Å². The molecule has 0 aromatic heterocycles. The lowest BCUT2D eigenvalue weighted by Crippen LogP contribution is -1.81. The summed E-state index contributed by atoms with van der Waals surface area (Å²) in [5.74, 6) is 0.0722. The summed E-state index contributed by atoms with van der Waals surface area (Å²) < 4.78 is 0. The van der Waals surface area contributed by atoms with E-state index in [2.05, 4.69) is 18.2 Å². The fourth-order valence-electron chi connectivity index (χ4n) is 1.60. The van der Waals surface area contributed by atoms with E-state index in [1.165, 1.54) is 10.8 Å². The Morgan fingerprint density at radius 1 is 1.07 bits per heavy atom. The highest BCUT2D eigenvalue weighted by Crippen LogP contribution is 2.19. The smallest absolute Gasteiger partial charge is 0.152 e. The van der Waals surface area contributed by atoms with Gasteiger partial charge in [0.05, 0.1) is 0 Å². The highest BCUT2D eigenvalue weighted by molar-refractivity contribution is 5.96. The Hall–Kier alpha value is -1.89. The Bertz CT molecular complexity index is 518. The van der Waals surface area contributed by atoms with Gasteiger partial charge in [0, 0.05) is 0 Å². The first kappa shape index (κ1) is 9.66. The van der Waals surface area contributed by atoms with Crippen LogP contribution < -0.4 is 0 Å². The molecule has 0 aliphatic carbocycles. The van der Waals surface area contributed by atoms with Crippen molar-refractivity contribution in [3.8, 4) is 0 Å². The van der Waals surface area contributed by atoms with Crippen molar-refractivity contribution in [3.05, 3.63) is 54.1 Å². The summed E-state index contributed by atoms with van der Waals surface area (Å²) in [6.45, 7) is 1.56. The summed E-state index contributed by atoms with van der Waals surface area (Å²) in [5, 5.41) is 2.38. The first-order valence-corrected chi connectivity index (χ1v) is 4.94. The number of ketones is 1. The minimum atomic E-state index is 0.0722. The molecule has 0 saturated carbocycles. The van der Waals surface area contributed by atoms with Crippen molar-refractivity contribution >= 4 is 22.6 Å². The first-order chi connectivity index (χ1) is 7.27.